The van der Waals surface area contributed by atoms with Crippen molar-refractivity contribution in [3.05, 3.63) is 34.2 Å². The fraction of sp³-hybridized carbons (Fsp3) is 0.583. The molecule has 0 bridgehead atoms. The SMILES string of the molecule is COCCNCCCn1cccc(C)c1=O. The number of hydrogen-bond donors (Lipinski definition) is 1. The molecule has 1 rings (SSSR count). The smallest absolute Gasteiger partial charge is 0.253 e. The summed E-state index contributed by atoms with van der Waals surface area (Å²) in [5.41, 5.74) is 0.911. The van der Waals surface area contributed by atoms with E-state index in [1.165, 1.54) is 0 Å². The van der Waals surface area contributed by atoms with Crippen molar-refractivity contribution in [2.75, 3.05) is 26.8 Å². The Morgan fingerprint density at radius 3 is 3.00 bits per heavy atom. The maximum atomic E-state index is 11.7. The fourth-order valence-electron chi connectivity index (χ4n) is 1.51. The van der Waals surface area contributed by atoms with Crippen LogP contribution in [0.5, 0.6) is 0 Å². The molecule has 1 heterocycles. The van der Waals surface area contributed by atoms with Gasteiger partial charge in [-0.1, -0.05) is 6.07 Å². The summed E-state index contributed by atoms with van der Waals surface area (Å²) in [6.07, 6.45) is 2.79. The normalized spacial score (nSPS) is 10.6. The lowest BCUT2D eigenvalue weighted by Crippen LogP contribution is -2.25. The molecule has 0 aliphatic rings. The van der Waals surface area contributed by atoms with Crippen molar-refractivity contribution in [1.29, 1.82) is 0 Å². The molecule has 0 aliphatic heterocycles. The molecule has 0 spiro atoms. The predicted molar refractivity (Wildman–Crippen MR) is 64.8 cm³/mol. The Bertz CT molecular complexity index is 360. The van der Waals surface area contributed by atoms with Crippen LogP contribution in [0.1, 0.15) is 12.0 Å². The molecule has 1 aromatic rings. The third kappa shape index (κ3) is 4.16. The van der Waals surface area contributed by atoms with Gasteiger partial charge in [-0.05, 0) is 26.0 Å². The first-order chi connectivity index (χ1) is 7.75. The van der Waals surface area contributed by atoms with Crippen molar-refractivity contribution in [3.63, 3.8) is 0 Å². The zero-order chi connectivity index (χ0) is 11.8. The Labute approximate surface area is 96.2 Å². The van der Waals surface area contributed by atoms with Crippen LogP contribution in [-0.2, 0) is 11.3 Å². The zero-order valence-corrected chi connectivity index (χ0v) is 10.0. The molecule has 0 aliphatic carbocycles. The summed E-state index contributed by atoms with van der Waals surface area (Å²) in [6.45, 7) is 5.10. The predicted octanol–water partition coefficient (Wildman–Crippen LogP) is 0.783. The van der Waals surface area contributed by atoms with E-state index in [0.29, 0.717) is 0 Å². The van der Waals surface area contributed by atoms with E-state index in [9.17, 15) is 4.79 Å². The number of nitrogens with one attached hydrogen (secondary N) is 1. The molecule has 4 nitrogen and oxygen atoms in total. The average molecular weight is 224 g/mol. The molecular weight excluding hydrogens is 204 g/mol. The first-order valence-corrected chi connectivity index (χ1v) is 5.61. The van der Waals surface area contributed by atoms with Gasteiger partial charge in [0.05, 0.1) is 6.61 Å². The number of methoxy groups -OCH3 is 1. The maximum absolute atomic E-state index is 11.7. The Balaban J connectivity index is 2.27. The van der Waals surface area contributed by atoms with Crippen LogP contribution in [0.4, 0.5) is 0 Å². The number of hydrogen-bond acceptors (Lipinski definition) is 3. The van der Waals surface area contributed by atoms with Crippen LogP contribution < -0.4 is 10.9 Å². The Morgan fingerprint density at radius 1 is 1.44 bits per heavy atom. The second kappa shape index (κ2) is 7.19. The minimum absolute atomic E-state index is 0.111. The fourth-order valence-corrected chi connectivity index (χ4v) is 1.51. The van der Waals surface area contributed by atoms with Gasteiger partial charge in [-0.25, -0.2) is 0 Å². The van der Waals surface area contributed by atoms with E-state index >= 15 is 0 Å². The molecule has 4 heteroatoms. The lowest BCUT2D eigenvalue weighted by Gasteiger charge is -2.07. The topological polar surface area (TPSA) is 43.3 Å². The molecule has 90 valence electrons. The summed E-state index contributed by atoms with van der Waals surface area (Å²) >= 11 is 0. The third-order valence-corrected chi connectivity index (χ3v) is 2.45. The summed E-state index contributed by atoms with van der Waals surface area (Å²) in [7, 11) is 1.69. The van der Waals surface area contributed by atoms with Crippen LogP contribution >= 0.6 is 0 Å². The van der Waals surface area contributed by atoms with Gasteiger partial charge >= 0.3 is 0 Å². The average Bonchev–Trinajstić information content (AvgIpc) is 2.29. The van der Waals surface area contributed by atoms with Crippen molar-refractivity contribution in [3.8, 4) is 0 Å². The first-order valence-electron chi connectivity index (χ1n) is 5.61. The van der Waals surface area contributed by atoms with E-state index in [0.717, 1.165) is 38.2 Å². The van der Waals surface area contributed by atoms with Crippen LogP contribution in [0, 0.1) is 6.92 Å². The molecule has 1 aromatic heterocycles. The molecule has 0 amide bonds. The highest BCUT2D eigenvalue weighted by atomic mass is 16.5. The summed E-state index contributed by atoms with van der Waals surface area (Å²) < 4.78 is 6.68. The Kier molecular flexibility index (Phi) is 5.82. The van der Waals surface area contributed by atoms with Gasteiger partial charge < -0.3 is 14.6 Å². The minimum Gasteiger partial charge on any atom is -0.383 e. The van der Waals surface area contributed by atoms with Gasteiger partial charge in [0.15, 0.2) is 0 Å². The van der Waals surface area contributed by atoms with E-state index in [-0.39, 0.29) is 5.56 Å². The molecule has 0 atom stereocenters. The van der Waals surface area contributed by atoms with Gasteiger partial charge in [0.2, 0.25) is 0 Å². The van der Waals surface area contributed by atoms with Crippen molar-refractivity contribution in [1.82, 2.24) is 9.88 Å². The molecule has 0 saturated heterocycles. The molecule has 0 saturated carbocycles. The zero-order valence-electron chi connectivity index (χ0n) is 10.0. The van der Waals surface area contributed by atoms with Gasteiger partial charge in [-0.15, -0.1) is 0 Å². The van der Waals surface area contributed by atoms with Gasteiger partial charge in [0.25, 0.3) is 5.56 Å². The summed E-state index contributed by atoms with van der Waals surface area (Å²) in [5.74, 6) is 0. The Morgan fingerprint density at radius 2 is 2.25 bits per heavy atom. The molecule has 0 unspecified atom stereocenters. The van der Waals surface area contributed by atoms with E-state index in [1.54, 1.807) is 11.7 Å². The minimum atomic E-state index is 0.111. The van der Waals surface area contributed by atoms with E-state index in [4.69, 9.17) is 4.74 Å². The summed E-state index contributed by atoms with van der Waals surface area (Å²) in [4.78, 5) is 11.7. The van der Waals surface area contributed by atoms with E-state index in [1.807, 2.05) is 25.3 Å². The molecule has 16 heavy (non-hydrogen) atoms. The van der Waals surface area contributed by atoms with Crippen LogP contribution in [0.2, 0.25) is 0 Å². The highest BCUT2D eigenvalue weighted by molar-refractivity contribution is 5.07. The van der Waals surface area contributed by atoms with Crippen LogP contribution in [0.15, 0.2) is 23.1 Å². The van der Waals surface area contributed by atoms with Gasteiger partial charge in [0.1, 0.15) is 0 Å². The maximum Gasteiger partial charge on any atom is 0.253 e. The molecular formula is C12H20N2O2. The van der Waals surface area contributed by atoms with Gasteiger partial charge in [-0.2, -0.15) is 0 Å². The highest BCUT2D eigenvalue weighted by Gasteiger charge is 1.97. The number of rotatable bonds is 7. The van der Waals surface area contributed by atoms with Crippen molar-refractivity contribution < 1.29 is 4.74 Å². The molecule has 0 aromatic carbocycles. The molecule has 0 fully saturated rings. The number of pyridine rings is 1. The monoisotopic (exact) mass is 224 g/mol. The number of aromatic nitrogens is 1. The number of nitrogens with zero attached hydrogens (tertiary/aromatic N) is 1. The first kappa shape index (κ1) is 12.9. The van der Waals surface area contributed by atoms with Crippen molar-refractivity contribution in [2.24, 2.45) is 0 Å². The highest BCUT2D eigenvalue weighted by Crippen LogP contribution is 1.90. The largest absolute Gasteiger partial charge is 0.383 e. The summed E-state index contributed by atoms with van der Waals surface area (Å²) in [5, 5.41) is 3.25. The Hall–Kier alpha value is -1.13. The van der Waals surface area contributed by atoms with Crippen LogP contribution in [0.25, 0.3) is 0 Å². The number of ether oxygens (including phenoxy) is 1. The molecule has 1 N–H and O–H groups in total. The second-order valence-electron chi connectivity index (χ2n) is 3.79. The standard InChI is InChI=1S/C12H20N2O2/c1-11-5-3-8-14(12(11)15)9-4-6-13-7-10-16-2/h3,5,8,13H,4,6-7,9-10H2,1-2H3. The van der Waals surface area contributed by atoms with Crippen molar-refractivity contribution in [2.45, 2.75) is 19.9 Å². The quantitative estimate of drug-likeness (QED) is 0.696. The number of aryl methyl sites for hydroxylation is 2. The third-order valence-electron chi connectivity index (χ3n) is 2.45. The van der Waals surface area contributed by atoms with E-state index in [2.05, 4.69) is 5.32 Å². The van der Waals surface area contributed by atoms with Crippen LogP contribution in [0.3, 0.4) is 0 Å². The molecule has 0 radical (unpaired) electrons. The lowest BCUT2D eigenvalue weighted by atomic mass is 10.3. The lowest BCUT2D eigenvalue weighted by molar-refractivity contribution is 0.199. The van der Waals surface area contributed by atoms with Gasteiger partial charge in [0, 0.05) is 32.0 Å². The van der Waals surface area contributed by atoms with Crippen molar-refractivity contribution >= 4 is 0 Å². The van der Waals surface area contributed by atoms with Crippen LogP contribution in [-0.4, -0.2) is 31.4 Å². The van der Waals surface area contributed by atoms with E-state index < -0.39 is 0 Å². The second-order valence-corrected chi connectivity index (χ2v) is 3.79. The summed E-state index contributed by atoms with van der Waals surface area (Å²) in [6, 6.07) is 3.75. The van der Waals surface area contributed by atoms with Gasteiger partial charge in [-0.3, -0.25) is 4.79 Å².